The maximum absolute atomic E-state index is 3.21. The van der Waals surface area contributed by atoms with Crippen LogP contribution in [0.4, 0.5) is 0 Å². The molecule has 0 nitrogen and oxygen atoms in total. The predicted molar refractivity (Wildman–Crippen MR) is 78.5 cm³/mol. The second kappa shape index (κ2) is 4.52. The van der Waals surface area contributed by atoms with E-state index in [0.29, 0.717) is 5.92 Å². The van der Waals surface area contributed by atoms with Crippen molar-refractivity contribution >= 4 is 0 Å². The Hall–Kier alpha value is -1.56. The summed E-state index contributed by atoms with van der Waals surface area (Å²) in [5.74, 6) is 0.622. The van der Waals surface area contributed by atoms with Crippen molar-refractivity contribution in [1.82, 2.24) is 0 Å². The van der Waals surface area contributed by atoms with E-state index in [1.807, 2.05) is 0 Å². The molecule has 0 fully saturated rings. The fourth-order valence-corrected chi connectivity index (χ4v) is 3.81. The van der Waals surface area contributed by atoms with E-state index in [4.69, 9.17) is 0 Å². The van der Waals surface area contributed by atoms with Crippen molar-refractivity contribution in [2.45, 2.75) is 44.4 Å². The molecule has 4 rings (SSSR count). The van der Waals surface area contributed by atoms with E-state index >= 15 is 0 Å². The zero-order valence-electron chi connectivity index (χ0n) is 11.3. The predicted octanol–water partition coefficient (Wildman–Crippen LogP) is 4.44. The maximum atomic E-state index is 3.21. The SMILES string of the molecule is [c]1ccc2c(c1)CCC2c1ccc2c(c1)CCCC2. The third-order valence-electron chi connectivity index (χ3n) is 4.84. The summed E-state index contributed by atoms with van der Waals surface area (Å²) in [6.45, 7) is 0. The van der Waals surface area contributed by atoms with Crippen LogP contribution in [0, 0.1) is 6.07 Å². The largest absolute Gasteiger partial charge is 0.0585 e. The molecule has 0 saturated carbocycles. The summed E-state index contributed by atoms with van der Waals surface area (Å²) in [5.41, 5.74) is 7.78. The highest BCUT2D eigenvalue weighted by Crippen LogP contribution is 2.38. The summed E-state index contributed by atoms with van der Waals surface area (Å²) in [6, 6.07) is 17.0. The summed E-state index contributed by atoms with van der Waals surface area (Å²) in [7, 11) is 0. The Kier molecular flexibility index (Phi) is 2.69. The molecule has 1 unspecified atom stereocenters. The average Bonchev–Trinajstić information content (AvgIpc) is 2.91. The van der Waals surface area contributed by atoms with E-state index in [-0.39, 0.29) is 0 Å². The minimum absolute atomic E-state index is 0.622. The second-order valence-corrected chi connectivity index (χ2v) is 5.95. The van der Waals surface area contributed by atoms with Gasteiger partial charge < -0.3 is 0 Å². The molecule has 19 heavy (non-hydrogen) atoms. The molecule has 0 amide bonds. The van der Waals surface area contributed by atoms with Gasteiger partial charge in [0.15, 0.2) is 0 Å². The molecule has 0 heterocycles. The number of rotatable bonds is 1. The van der Waals surface area contributed by atoms with Crippen molar-refractivity contribution in [3.63, 3.8) is 0 Å². The van der Waals surface area contributed by atoms with Gasteiger partial charge in [-0.05, 0) is 72.4 Å². The van der Waals surface area contributed by atoms with E-state index in [2.05, 4.69) is 42.5 Å². The summed E-state index contributed by atoms with van der Waals surface area (Å²) in [4.78, 5) is 0. The van der Waals surface area contributed by atoms with Gasteiger partial charge >= 0.3 is 0 Å². The first-order chi connectivity index (χ1) is 9.42. The Bertz CT molecular complexity index is 609. The first-order valence-electron chi connectivity index (χ1n) is 7.52. The van der Waals surface area contributed by atoms with Crippen LogP contribution in [-0.2, 0) is 19.3 Å². The number of hydrogen-bond donors (Lipinski definition) is 0. The Morgan fingerprint density at radius 3 is 2.74 bits per heavy atom. The van der Waals surface area contributed by atoms with Crippen LogP contribution in [0.2, 0.25) is 0 Å². The van der Waals surface area contributed by atoms with Gasteiger partial charge in [-0.25, -0.2) is 0 Å². The summed E-state index contributed by atoms with van der Waals surface area (Å²) in [5, 5.41) is 0. The van der Waals surface area contributed by atoms with Gasteiger partial charge in [-0.3, -0.25) is 0 Å². The number of aryl methyl sites for hydroxylation is 3. The minimum atomic E-state index is 0.622. The number of hydrogen-bond acceptors (Lipinski definition) is 0. The van der Waals surface area contributed by atoms with E-state index in [9.17, 15) is 0 Å². The number of benzene rings is 2. The fraction of sp³-hybridized carbons (Fsp3) is 0.368. The third-order valence-corrected chi connectivity index (χ3v) is 4.84. The van der Waals surface area contributed by atoms with Crippen LogP contribution in [-0.4, -0.2) is 0 Å². The Labute approximate surface area is 115 Å². The monoisotopic (exact) mass is 247 g/mol. The van der Waals surface area contributed by atoms with Crippen LogP contribution in [0.25, 0.3) is 0 Å². The highest BCUT2D eigenvalue weighted by molar-refractivity contribution is 5.44. The lowest BCUT2D eigenvalue weighted by Gasteiger charge is -2.19. The molecule has 0 spiro atoms. The van der Waals surface area contributed by atoms with Crippen LogP contribution in [0.3, 0.4) is 0 Å². The highest BCUT2D eigenvalue weighted by atomic mass is 14.3. The van der Waals surface area contributed by atoms with Gasteiger partial charge in [-0.15, -0.1) is 0 Å². The van der Waals surface area contributed by atoms with Gasteiger partial charge in [0.1, 0.15) is 0 Å². The molecule has 2 aliphatic rings. The average molecular weight is 247 g/mol. The lowest BCUT2D eigenvalue weighted by atomic mass is 9.86. The molecule has 2 aromatic carbocycles. The summed E-state index contributed by atoms with van der Waals surface area (Å²) < 4.78 is 0. The molecule has 1 radical (unpaired) electrons. The van der Waals surface area contributed by atoms with Crippen LogP contribution >= 0.6 is 0 Å². The minimum Gasteiger partial charge on any atom is -0.0585 e. The molecule has 2 aromatic rings. The van der Waals surface area contributed by atoms with Gasteiger partial charge in [0.2, 0.25) is 0 Å². The molecular weight excluding hydrogens is 228 g/mol. The third kappa shape index (κ3) is 1.90. The molecule has 2 aliphatic carbocycles. The second-order valence-electron chi connectivity index (χ2n) is 5.95. The van der Waals surface area contributed by atoms with E-state index in [0.717, 1.165) is 0 Å². The van der Waals surface area contributed by atoms with Crippen molar-refractivity contribution < 1.29 is 0 Å². The van der Waals surface area contributed by atoms with Crippen molar-refractivity contribution in [2.24, 2.45) is 0 Å². The topological polar surface area (TPSA) is 0 Å². The summed E-state index contributed by atoms with van der Waals surface area (Å²) in [6.07, 6.45) is 7.79. The molecule has 0 aromatic heterocycles. The first kappa shape index (κ1) is 11.3. The van der Waals surface area contributed by atoms with Crippen molar-refractivity contribution in [1.29, 1.82) is 0 Å². The molecule has 0 N–H and O–H groups in total. The number of fused-ring (bicyclic) bond motifs is 2. The molecule has 0 heteroatoms. The zero-order valence-corrected chi connectivity index (χ0v) is 11.3. The van der Waals surface area contributed by atoms with Crippen LogP contribution in [0.5, 0.6) is 0 Å². The zero-order chi connectivity index (χ0) is 12.7. The van der Waals surface area contributed by atoms with Crippen molar-refractivity contribution in [2.75, 3.05) is 0 Å². The van der Waals surface area contributed by atoms with Crippen molar-refractivity contribution in [3.05, 3.63) is 70.3 Å². The lowest BCUT2D eigenvalue weighted by Crippen LogP contribution is -2.05. The Balaban J connectivity index is 1.74. The van der Waals surface area contributed by atoms with Crippen LogP contribution in [0.1, 0.15) is 53.0 Å². The van der Waals surface area contributed by atoms with Crippen LogP contribution < -0.4 is 0 Å². The Morgan fingerprint density at radius 1 is 0.895 bits per heavy atom. The highest BCUT2D eigenvalue weighted by Gasteiger charge is 2.24. The van der Waals surface area contributed by atoms with Gasteiger partial charge in [0, 0.05) is 5.92 Å². The fourth-order valence-electron chi connectivity index (χ4n) is 3.81. The Morgan fingerprint density at radius 2 is 1.79 bits per heavy atom. The first-order valence-corrected chi connectivity index (χ1v) is 7.52. The van der Waals surface area contributed by atoms with E-state index in [1.165, 1.54) is 55.2 Å². The molecular formula is C19H19. The maximum Gasteiger partial charge on any atom is 0.00953 e. The van der Waals surface area contributed by atoms with E-state index in [1.54, 1.807) is 11.1 Å². The van der Waals surface area contributed by atoms with E-state index < -0.39 is 0 Å². The van der Waals surface area contributed by atoms with Crippen LogP contribution in [0.15, 0.2) is 36.4 Å². The molecule has 0 aliphatic heterocycles. The molecule has 95 valence electrons. The molecule has 1 atom stereocenters. The van der Waals surface area contributed by atoms with Gasteiger partial charge in [-0.2, -0.15) is 0 Å². The lowest BCUT2D eigenvalue weighted by molar-refractivity contribution is 0.681. The quantitative estimate of drug-likeness (QED) is 0.698. The molecule has 0 bridgehead atoms. The van der Waals surface area contributed by atoms with Gasteiger partial charge in [0.05, 0.1) is 0 Å². The molecule has 0 saturated heterocycles. The van der Waals surface area contributed by atoms with Gasteiger partial charge in [-0.1, -0.05) is 36.4 Å². The smallest absolute Gasteiger partial charge is 0.00953 e. The summed E-state index contributed by atoms with van der Waals surface area (Å²) >= 11 is 0. The standard InChI is InChI=1S/C19H19/c1-2-7-16-13-17(10-9-14(16)5-1)19-12-11-15-6-3-4-8-18(15)19/h4,6,8-10,13,19H,1-2,5,7,11-12H2. The van der Waals surface area contributed by atoms with Gasteiger partial charge in [0.25, 0.3) is 0 Å². The normalized spacial score (nSPS) is 20.9. The van der Waals surface area contributed by atoms with Crippen molar-refractivity contribution in [3.8, 4) is 0 Å².